The topological polar surface area (TPSA) is 82.8 Å². The largest absolute Gasteiger partial charge is 0.331 e. The third-order valence-electron chi connectivity index (χ3n) is 2.46. The van der Waals surface area contributed by atoms with E-state index in [-0.39, 0.29) is 21.8 Å². The fourth-order valence-corrected chi connectivity index (χ4v) is 2.37. The third kappa shape index (κ3) is 3.73. The van der Waals surface area contributed by atoms with Crippen molar-refractivity contribution in [3.05, 3.63) is 39.6 Å². The highest BCUT2D eigenvalue weighted by Gasteiger charge is 2.20. The van der Waals surface area contributed by atoms with E-state index in [1.54, 1.807) is 18.5 Å². The Morgan fingerprint density at radius 1 is 1.50 bits per heavy atom. The van der Waals surface area contributed by atoms with Crippen molar-refractivity contribution in [1.82, 2.24) is 20.1 Å². The van der Waals surface area contributed by atoms with Crippen LogP contribution in [0.25, 0.3) is 0 Å². The minimum atomic E-state index is -0.284. The maximum atomic E-state index is 12.3. The van der Waals surface area contributed by atoms with Crippen molar-refractivity contribution >= 4 is 28.8 Å². The number of hydrogen-bond donors (Lipinski definition) is 0. The SMILES string of the molecule is N#CCCN(Cc1cccnc1)C(=O)c1nnc(Cl)s1. The van der Waals surface area contributed by atoms with Crippen LogP contribution >= 0.6 is 22.9 Å². The summed E-state index contributed by atoms with van der Waals surface area (Å²) in [5.41, 5.74) is 0.884. The number of rotatable bonds is 5. The van der Waals surface area contributed by atoms with Crippen molar-refractivity contribution in [2.75, 3.05) is 6.54 Å². The van der Waals surface area contributed by atoms with Crippen LogP contribution in [0, 0.1) is 11.3 Å². The summed E-state index contributed by atoms with van der Waals surface area (Å²) in [6.07, 6.45) is 3.59. The Hall–Kier alpha value is -2.04. The van der Waals surface area contributed by atoms with Gasteiger partial charge in [-0.15, -0.1) is 10.2 Å². The third-order valence-corrected chi connectivity index (χ3v) is 3.47. The molecule has 0 spiro atoms. The van der Waals surface area contributed by atoms with Crippen LogP contribution in [0.4, 0.5) is 0 Å². The van der Waals surface area contributed by atoms with Crippen molar-refractivity contribution in [2.45, 2.75) is 13.0 Å². The molecule has 8 heteroatoms. The number of hydrogen-bond acceptors (Lipinski definition) is 6. The van der Waals surface area contributed by atoms with Crippen LogP contribution in [0.5, 0.6) is 0 Å². The maximum Gasteiger partial charge on any atom is 0.285 e. The van der Waals surface area contributed by atoms with Crippen LogP contribution < -0.4 is 0 Å². The van der Waals surface area contributed by atoms with E-state index in [1.165, 1.54) is 4.90 Å². The van der Waals surface area contributed by atoms with Gasteiger partial charge in [-0.25, -0.2) is 0 Å². The zero-order valence-corrected chi connectivity index (χ0v) is 11.9. The molecule has 0 aromatic carbocycles. The first-order valence-corrected chi connectivity index (χ1v) is 6.94. The average molecular weight is 308 g/mol. The van der Waals surface area contributed by atoms with Gasteiger partial charge in [0.1, 0.15) is 0 Å². The molecular formula is C12H10ClN5OS. The first kappa shape index (κ1) is 14.4. The standard InChI is InChI=1S/C12H10ClN5OS/c13-12-17-16-10(20-12)11(19)18(6-2-4-14)8-9-3-1-5-15-7-9/h1,3,5,7H,2,6,8H2. The number of aromatic nitrogens is 3. The summed E-state index contributed by atoms with van der Waals surface area (Å²) < 4.78 is 0.218. The van der Waals surface area contributed by atoms with E-state index in [0.717, 1.165) is 16.9 Å². The Balaban J connectivity index is 2.15. The molecule has 0 saturated heterocycles. The van der Waals surface area contributed by atoms with Gasteiger partial charge in [0.2, 0.25) is 9.47 Å². The van der Waals surface area contributed by atoms with Crippen LogP contribution in [-0.4, -0.2) is 32.5 Å². The Morgan fingerprint density at radius 2 is 2.35 bits per heavy atom. The normalized spacial score (nSPS) is 10.0. The molecule has 0 unspecified atom stereocenters. The Labute approximate surface area is 124 Å². The summed E-state index contributed by atoms with van der Waals surface area (Å²) in [5, 5.41) is 16.3. The predicted octanol–water partition coefficient (Wildman–Crippen LogP) is 2.14. The molecular weight excluding hydrogens is 298 g/mol. The summed E-state index contributed by atoms with van der Waals surface area (Å²) in [6.45, 7) is 0.687. The van der Waals surface area contributed by atoms with E-state index in [2.05, 4.69) is 15.2 Å². The molecule has 0 fully saturated rings. The second kappa shape index (κ2) is 6.93. The van der Waals surface area contributed by atoms with E-state index in [1.807, 2.05) is 12.1 Å². The molecule has 0 aliphatic rings. The molecule has 0 saturated carbocycles. The summed E-state index contributed by atoms with van der Waals surface area (Å²) in [6, 6.07) is 5.69. The van der Waals surface area contributed by atoms with Crippen molar-refractivity contribution in [1.29, 1.82) is 5.26 Å². The van der Waals surface area contributed by atoms with Crippen LogP contribution in [0.15, 0.2) is 24.5 Å². The minimum absolute atomic E-state index is 0.218. The first-order valence-electron chi connectivity index (χ1n) is 5.75. The molecule has 102 valence electrons. The maximum absolute atomic E-state index is 12.3. The lowest BCUT2D eigenvalue weighted by Crippen LogP contribution is -2.31. The molecule has 0 atom stereocenters. The second-order valence-corrected chi connectivity index (χ2v) is 5.42. The van der Waals surface area contributed by atoms with Gasteiger partial charge < -0.3 is 4.90 Å². The van der Waals surface area contributed by atoms with Gasteiger partial charge in [-0.2, -0.15) is 5.26 Å². The van der Waals surface area contributed by atoms with Gasteiger partial charge in [-0.3, -0.25) is 9.78 Å². The Bertz CT molecular complexity index is 624. The zero-order chi connectivity index (χ0) is 14.4. The van der Waals surface area contributed by atoms with Crippen molar-refractivity contribution in [3.8, 4) is 6.07 Å². The van der Waals surface area contributed by atoms with Crippen molar-refractivity contribution in [2.24, 2.45) is 0 Å². The van der Waals surface area contributed by atoms with E-state index in [9.17, 15) is 4.79 Å². The molecule has 0 aliphatic heterocycles. The lowest BCUT2D eigenvalue weighted by Gasteiger charge is -2.20. The number of pyridine rings is 1. The average Bonchev–Trinajstić information content (AvgIpc) is 2.90. The smallest absolute Gasteiger partial charge is 0.285 e. The van der Waals surface area contributed by atoms with E-state index < -0.39 is 0 Å². The van der Waals surface area contributed by atoms with Crippen LogP contribution in [-0.2, 0) is 6.54 Å². The molecule has 2 heterocycles. The summed E-state index contributed by atoms with van der Waals surface area (Å²) in [7, 11) is 0. The van der Waals surface area contributed by atoms with E-state index in [4.69, 9.17) is 16.9 Å². The van der Waals surface area contributed by atoms with Gasteiger partial charge in [0, 0.05) is 25.5 Å². The molecule has 2 rings (SSSR count). The monoisotopic (exact) mass is 307 g/mol. The zero-order valence-electron chi connectivity index (χ0n) is 10.4. The fourth-order valence-electron chi connectivity index (χ4n) is 1.58. The number of carbonyl (C=O) groups is 1. The minimum Gasteiger partial charge on any atom is -0.331 e. The summed E-state index contributed by atoms with van der Waals surface area (Å²) >= 11 is 6.71. The fraction of sp³-hybridized carbons (Fsp3) is 0.250. The number of nitrogens with zero attached hydrogens (tertiary/aromatic N) is 5. The van der Waals surface area contributed by atoms with Gasteiger partial charge >= 0.3 is 0 Å². The quantitative estimate of drug-likeness (QED) is 0.845. The highest BCUT2D eigenvalue weighted by Crippen LogP contribution is 2.18. The van der Waals surface area contributed by atoms with Gasteiger partial charge in [-0.05, 0) is 23.2 Å². The second-order valence-electron chi connectivity index (χ2n) is 3.86. The Kier molecular flexibility index (Phi) is 4.98. The number of carbonyl (C=O) groups excluding carboxylic acids is 1. The molecule has 0 bridgehead atoms. The van der Waals surface area contributed by atoms with Crippen LogP contribution in [0.1, 0.15) is 21.8 Å². The van der Waals surface area contributed by atoms with Crippen LogP contribution in [0.3, 0.4) is 0 Å². The highest BCUT2D eigenvalue weighted by molar-refractivity contribution is 7.17. The highest BCUT2D eigenvalue weighted by atomic mass is 35.5. The predicted molar refractivity (Wildman–Crippen MR) is 74.1 cm³/mol. The van der Waals surface area contributed by atoms with E-state index in [0.29, 0.717) is 13.1 Å². The van der Waals surface area contributed by atoms with Gasteiger partial charge in [-0.1, -0.05) is 17.4 Å². The molecule has 2 aromatic heterocycles. The summed E-state index contributed by atoms with van der Waals surface area (Å²) in [5.74, 6) is -0.284. The molecule has 0 radical (unpaired) electrons. The number of nitriles is 1. The Morgan fingerprint density at radius 3 is 2.95 bits per heavy atom. The molecule has 0 aliphatic carbocycles. The van der Waals surface area contributed by atoms with E-state index >= 15 is 0 Å². The summed E-state index contributed by atoms with van der Waals surface area (Å²) in [4.78, 5) is 17.9. The first-order chi connectivity index (χ1) is 9.70. The van der Waals surface area contributed by atoms with Gasteiger partial charge in [0.05, 0.1) is 12.5 Å². The molecule has 20 heavy (non-hydrogen) atoms. The van der Waals surface area contributed by atoms with Gasteiger partial charge in [0.25, 0.3) is 5.91 Å². The van der Waals surface area contributed by atoms with Crippen molar-refractivity contribution < 1.29 is 4.79 Å². The van der Waals surface area contributed by atoms with Gasteiger partial charge in [0.15, 0.2) is 0 Å². The lowest BCUT2D eigenvalue weighted by molar-refractivity contribution is 0.0745. The molecule has 6 nitrogen and oxygen atoms in total. The molecule has 2 aromatic rings. The molecule has 0 N–H and O–H groups in total. The number of amides is 1. The number of halogens is 1. The lowest BCUT2D eigenvalue weighted by atomic mass is 10.2. The van der Waals surface area contributed by atoms with Crippen LogP contribution in [0.2, 0.25) is 4.47 Å². The van der Waals surface area contributed by atoms with Crippen molar-refractivity contribution in [3.63, 3.8) is 0 Å². The molecule has 1 amide bonds.